The monoisotopic (exact) mass is 341 g/mol. The van der Waals surface area contributed by atoms with Crippen LogP contribution in [0.1, 0.15) is 17.3 Å². The van der Waals surface area contributed by atoms with Gasteiger partial charge < -0.3 is 14.2 Å². The maximum absolute atomic E-state index is 12.2. The molecule has 3 N–H and O–H groups in total. The number of hydrogen-bond donors (Lipinski definition) is 3. The Morgan fingerprint density at radius 1 is 1.17 bits per heavy atom. The molecule has 23 heavy (non-hydrogen) atoms. The summed E-state index contributed by atoms with van der Waals surface area (Å²) in [5, 5.41) is 2.34. The van der Waals surface area contributed by atoms with Crippen LogP contribution in [0.3, 0.4) is 0 Å². The molecular formula is C14H19N3O5S. The van der Waals surface area contributed by atoms with E-state index in [1.54, 1.807) is 24.3 Å². The summed E-state index contributed by atoms with van der Waals surface area (Å²) < 4.78 is 15.1. The van der Waals surface area contributed by atoms with Crippen LogP contribution in [0.4, 0.5) is 4.79 Å². The van der Waals surface area contributed by atoms with E-state index in [1.807, 2.05) is 6.92 Å². The van der Waals surface area contributed by atoms with Crippen LogP contribution in [-0.4, -0.2) is 44.0 Å². The lowest BCUT2D eigenvalue weighted by Crippen LogP contribution is -2.48. The van der Waals surface area contributed by atoms with E-state index in [0.29, 0.717) is 31.1 Å². The molecule has 0 unspecified atom stereocenters. The minimum absolute atomic E-state index is 0.0791. The number of amides is 2. The van der Waals surface area contributed by atoms with Crippen LogP contribution in [0.15, 0.2) is 24.3 Å². The summed E-state index contributed by atoms with van der Waals surface area (Å²) in [7, 11) is 1.20. The van der Waals surface area contributed by atoms with E-state index in [0.717, 1.165) is 0 Å². The first kappa shape index (κ1) is 18.7. The average Bonchev–Trinajstić information content (AvgIpc) is 2.56. The molecule has 0 saturated heterocycles. The maximum Gasteiger partial charge on any atom is 0.425 e. The second-order valence-corrected chi connectivity index (χ2v) is 4.47. The van der Waals surface area contributed by atoms with Crippen molar-refractivity contribution in [3.63, 3.8) is 0 Å². The van der Waals surface area contributed by atoms with Crippen molar-refractivity contribution in [3.8, 4) is 5.75 Å². The molecule has 0 heterocycles. The van der Waals surface area contributed by atoms with Gasteiger partial charge in [0.2, 0.25) is 0 Å². The van der Waals surface area contributed by atoms with Gasteiger partial charge in [-0.3, -0.25) is 15.5 Å². The summed E-state index contributed by atoms with van der Waals surface area (Å²) in [6.07, 6.45) is -0.735. The van der Waals surface area contributed by atoms with Crippen LogP contribution in [0.5, 0.6) is 5.75 Å². The Hall–Kier alpha value is -2.39. The van der Waals surface area contributed by atoms with E-state index in [1.165, 1.54) is 7.11 Å². The Labute approximate surface area is 139 Å². The fourth-order valence-electron chi connectivity index (χ4n) is 1.50. The topological polar surface area (TPSA) is 97.9 Å². The van der Waals surface area contributed by atoms with Crippen LogP contribution in [0.25, 0.3) is 0 Å². The van der Waals surface area contributed by atoms with Crippen molar-refractivity contribution in [3.05, 3.63) is 29.8 Å². The average molecular weight is 341 g/mol. The maximum atomic E-state index is 12.2. The Balaban J connectivity index is 2.58. The largest absolute Gasteiger partial charge is 0.490 e. The van der Waals surface area contributed by atoms with Gasteiger partial charge in [0.15, 0.2) is 5.11 Å². The number of carbonyl (C=O) groups is 2. The molecule has 0 saturated carbocycles. The number of para-hydroxylation sites is 1. The van der Waals surface area contributed by atoms with Crippen LogP contribution in [0, 0.1) is 0 Å². The molecule has 0 spiro atoms. The summed E-state index contributed by atoms with van der Waals surface area (Å²) in [5.41, 5.74) is 4.78. The zero-order valence-corrected chi connectivity index (χ0v) is 13.7. The Morgan fingerprint density at radius 3 is 2.61 bits per heavy atom. The van der Waals surface area contributed by atoms with Gasteiger partial charge in [0.05, 0.1) is 19.3 Å². The molecule has 0 fully saturated rings. The quantitative estimate of drug-likeness (QED) is 0.403. The van der Waals surface area contributed by atoms with Gasteiger partial charge >= 0.3 is 6.09 Å². The van der Waals surface area contributed by atoms with Crippen LogP contribution in [0.2, 0.25) is 0 Å². The number of hydrogen-bond acceptors (Lipinski definition) is 6. The number of thiocarbonyl (C=S) groups is 1. The number of rotatable bonds is 6. The summed E-state index contributed by atoms with van der Waals surface area (Å²) in [4.78, 5) is 23.1. The van der Waals surface area contributed by atoms with E-state index in [-0.39, 0.29) is 5.11 Å². The van der Waals surface area contributed by atoms with E-state index in [2.05, 4.69) is 20.9 Å². The van der Waals surface area contributed by atoms with Gasteiger partial charge in [-0.2, -0.15) is 0 Å². The molecule has 0 aliphatic heterocycles. The predicted molar refractivity (Wildman–Crippen MR) is 87.2 cm³/mol. The van der Waals surface area contributed by atoms with Gasteiger partial charge in [0.25, 0.3) is 5.91 Å². The van der Waals surface area contributed by atoms with Crippen molar-refractivity contribution < 1.29 is 23.8 Å². The number of ether oxygens (including phenoxy) is 3. The van der Waals surface area contributed by atoms with E-state index < -0.39 is 12.0 Å². The van der Waals surface area contributed by atoms with Gasteiger partial charge in [-0.15, -0.1) is 0 Å². The molecule has 8 nitrogen and oxygen atoms in total. The van der Waals surface area contributed by atoms with Gasteiger partial charge in [0.1, 0.15) is 12.4 Å². The van der Waals surface area contributed by atoms with Gasteiger partial charge in [-0.1, -0.05) is 12.1 Å². The second-order valence-electron chi connectivity index (χ2n) is 4.07. The molecular weight excluding hydrogens is 322 g/mol. The molecule has 0 radical (unpaired) electrons. The van der Waals surface area contributed by atoms with Crippen molar-refractivity contribution >= 4 is 29.3 Å². The molecule has 0 aromatic heterocycles. The zero-order chi connectivity index (χ0) is 17.1. The third kappa shape index (κ3) is 6.94. The standard InChI is InChI=1S/C14H19N3O5S/c1-3-21-8-9-22-11-7-5-4-6-10(11)12(18)15-13(23)16-17-14(19)20-2/h4-7H,3,8-9H2,1-2H3,(H,17,19)(H2,15,16,18,23). The van der Waals surface area contributed by atoms with E-state index in [9.17, 15) is 9.59 Å². The number of hydrazine groups is 1. The van der Waals surface area contributed by atoms with E-state index >= 15 is 0 Å². The van der Waals surface area contributed by atoms with Gasteiger partial charge in [-0.05, 0) is 31.3 Å². The molecule has 1 aromatic rings. The van der Waals surface area contributed by atoms with E-state index in [4.69, 9.17) is 21.7 Å². The van der Waals surface area contributed by atoms with Crippen molar-refractivity contribution in [1.29, 1.82) is 0 Å². The fourth-order valence-corrected chi connectivity index (χ4v) is 1.64. The lowest BCUT2D eigenvalue weighted by molar-refractivity contribution is 0.0957. The highest BCUT2D eigenvalue weighted by atomic mass is 32.1. The minimum atomic E-state index is -0.735. The summed E-state index contributed by atoms with van der Waals surface area (Å²) >= 11 is 4.89. The first-order chi connectivity index (χ1) is 11.1. The predicted octanol–water partition coefficient (Wildman–Crippen LogP) is 0.977. The van der Waals surface area contributed by atoms with Crippen molar-refractivity contribution in [1.82, 2.24) is 16.2 Å². The number of methoxy groups -OCH3 is 1. The minimum Gasteiger partial charge on any atom is -0.490 e. The third-order valence-electron chi connectivity index (χ3n) is 2.51. The van der Waals surface area contributed by atoms with Crippen LogP contribution < -0.4 is 20.9 Å². The highest BCUT2D eigenvalue weighted by Crippen LogP contribution is 2.17. The molecule has 0 bridgehead atoms. The molecule has 0 aliphatic rings. The number of benzene rings is 1. The van der Waals surface area contributed by atoms with Crippen molar-refractivity contribution in [2.24, 2.45) is 0 Å². The lowest BCUT2D eigenvalue weighted by Gasteiger charge is -2.13. The third-order valence-corrected chi connectivity index (χ3v) is 2.72. The molecule has 0 aliphatic carbocycles. The molecule has 0 atom stereocenters. The SMILES string of the molecule is CCOCCOc1ccccc1C(=O)NC(=S)NNC(=O)OC. The van der Waals surface area contributed by atoms with Crippen molar-refractivity contribution in [2.75, 3.05) is 26.9 Å². The molecule has 9 heteroatoms. The Morgan fingerprint density at radius 2 is 1.91 bits per heavy atom. The van der Waals surface area contributed by atoms with Gasteiger partial charge in [-0.25, -0.2) is 10.2 Å². The first-order valence-electron chi connectivity index (χ1n) is 6.83. The smallest absolute Gasteiger partial charge is 0.425 e. The summed E-state index contributed by atoms with van der Waals surface area (Å²) in [6, 6.07) is 6.72. The normalized spacial score (nSPS) is 9.65. The fraction of sp³-hybridized carbons (Fsp3) is 0.357. The Kier molecular flexibility index (Phi) is 8.40. The van der Waals surface area contributed by atoms with Crippen LogP contribution in [-0.2, 0) is 9.47 Å². The first-order valence-corrected chi connectivity index (χ1v) is 7.24. The molecule has 126 valence electrons. The van der Waals surface area contributed by atoms with Gasteiger partial charge in [0, 0.05) is 6.61 Å². The van der Waals surface area contributed by atoms with Crippen LogP contribution >= 0.6 is 12.2 Å². The second kappa shape index (κ2) is 10.4. The number of carbonyl (C=O) groups excluding carboxylic acids is 2. The molecule has 1 aromatic carbocycles. The molecule has 2 amide bonds. The zero-order valence-electron chi connectivity index (χ0n) is 12.9. The summed E-state index contributed by atoms with van der Waals surface area (Å²) in [5.74, 6) is -0.0606. The highest BCUT2D eigenvalue weighted by Gasteiger charge is 2.13. The van der Waals surface area contributed by atoms with Crippen molar-refractivity contribution in [2.45, 2.75) is 6.92 Å². The lowest BCUT2D eigenvalue weighted by atomic mass is 10.2. The Bertz CT molecular complexity index is 553. The number of nitrogens with one attached hydrogen (secondary N) is 3. The molecule has 1 rings (SSSR count). The highest BCUT2D eigenvalue weighted by molar-refractivity contribution is 7.80. The summed E-state index contributed by atoms with van der Waals surface area (Å²) in [6.45, 7) is 3.23.